The summed E-state index contributed by atoms with van der Waals surface area (Å²) in [6.45, 7) is 1.09. The van der Waals surface area contributed by atoms with Crippen molar-refractivity contribution in [2.75, 3.05) is 13.7 Å². The molecule has 0 spiro atoms. The van der Waals surface area contributed by atoms with Gasteiger partial charge in [0.25, 0.3) is 0 Å². The summed E-state index contributed by atoms with van der Waals surface area (Å²) in [5, 5.41) is 13.4. The van der Waals surface area contributed by atoms with Gasteiger partial charge in [0, 0.05) is 25.5 Å². The van der Waals surface area contributed by atoms with Crippen LogP contribution in [0.5, 0.6) is 5.75 Å². The van der Waals surface area contributed by atoms with Gasteiger partial charge in [-0.3, -0.25) is 0 Å². The number of nitrogens with zero attached hydrogens (tertiary/aromatic N) is 2. The van der Waals surface area contributed by atoms with Crippen LogP contribution in [0.25, 0.3) is 5.65 Å². The Kier molecular flexibility index (Phi) is 4.37. The average Bonchev–Trinajstić information content (AvgIpc) is 2.97. The van der Waals surface area contributed by atoms with Gasteiger partial charge in [-0.2, -0.15) is 0 Å². The summed E-state index contributed by atoms with van der Waals surface area (Å²) in [7, 11) is 1.63. The van der Waals surface area contributed by atoms with Crippen LogP contribution in [-0.2, 0) is 6.54 Å². The van der Waals surface area contributed by atoms with Crippen LogP contribution >= 0.6 is 0 Å². The Morgan fingerprint density at radius 1 is 1.23 bits per heavy atom. The number of rotatable bonds is 6. The zero-order valence-corrected chi connectivity index (χ0v) is 12.4. The molecule has 114 valence electrons. The summed E-state index contributed by atoms with van der Waals surface area (Å²) in [5.41, 5.74) is 2.74. The highest BCUT2D eigenvalue weighted by atomic mass is 16.5. The van der Waals surface area contributed by atoms with Gasteiger partial charge in [-0.25, -0.2) is 4.98 Å². The van der Waals surface area contributed by atoms with Gasteiger partial charge in [0.05, 0.1) is 18.9 Å². The Bertz CT molecular complexity index is 704. The zero-order chi connectivity index (χ0) is 15.4. The van der Waals surface area contributed by atoms with Crippen molar-refractivity contribution >= 4 is 5.65 Å². The molecule has 5 heteroatoms. The van der Waals surface area contributed by atoms with Crippen molar-refractivity contribution in [1.82, 2.24) is 14.7 Å². The molecule has 0 saturated carbocycles. The number of fused-ring (bicyclic) bond motifs is 1. The van der Waals surface area contributed by atoms with Gasteiger partial charge in [0.15, 0.2) is 0 Å². The van der Waals surface area contributed by atoms with Crippen molar-refractivity contribution in [2.45, 2.75) is 12.6 Å². The Balaban J connectivity index is 1.55. The number of pyridine rings is 1. The molecule has 1 unspecified atom stereocenters. The molecule has 0 fully saturated rings. The van der Waals surface area contributed by atoms with Gasteiger partial charge in [-0.05, 0) is 29.8 Å². The quantitative estimate of drug-likeness (QED) is 0.732. The first kappa shape index (κ1) is 14.6. The third-order valence-corrected chi connectivity index (χ3v) is 3.56. The minimum atomic E-state index is -0.553. The second kappa shape index (κ2) is 6.60. The zero-order valence-electron chi connectivity index (χ0n) is 12.4. The Morgan fingerprint density at radius 3 is 2.77 bits per heavy atom. The number of aliphatic hydroxyl groups excluding tert-OH is 1. The number of ether oxygens (including phenoxy) is 1. The Hall–Kier alpha value is -2.37. The molecule has 0 aliphatic carbocycles. The van der Waals surface area contributed by atoms with E-state index in [4.69, 9.17) is 4.74 Å². The molecule has 2 aromatic heterocycles. The van der Waals surface area contributed by atoms with E-state index in [-0.39, 0.29) is 0 Å². The number of aliphatic hydroxyl groups is 1. The van der Waals surface area contributed by atoms with Crippen LogP contribution in [0.2, 0.25) is 0 Å². The van der Waals surface area contributed by atoms with Crippen LogP contribution in [0.15, 0.2) is 54.9 Å². The van der Waals surface area contributed by atoms with Crippen molar-refractivity contribution < 1.29 is 9.84 Å². The van der Waals surface area contributed by atoms with Crippen LogP contribution in [-0.4, -0.2) is 28.1 Å². The number of hydrogen-bond acceptors (Lipinski definition) is 4. The predicted molar refractivity (Wildman–Crippen MR) is 84.9 cm³/mol. The molecule has 2 heterocycles. The largest absolute Gasteiger partial charge is 0.497 e. The highest BCUT2D eigenvalue weighted by Crippen LogP contribution is 2.17. The number of aromatic nitrogens is 2. The van der Waals surface area contributed by atoms with E-state index in [1.807, 2.05) is 59.3 Å². The van der Waals surface area contributed by atoms with Gasteiger partial charge in [-0.1, -0.05) is 18.2 Å². The lowest BCUT2D eigenvalue weighted by Gasteiger charge is -2.12. The molecule has 1 atom stereocenters. The van der Waals surface area contributed by atoms with Crippen molar-refractivity contribution in [3.05, 3.63) is 66.1 Å². The van der Waals surface area contributed by atoms with Crippen LogP contribution < -0.4 is 10.1 Å². The standard InChI is InChI=1S/C17H19N3O2/c1-22-15-7-5-13(6-8-15)16(21)11-18-10-14-12-20-9-3-2-4-17(20)19-14/h2-9,12,16,18,21H,10-11H2,1H3. The second-order valence-electron chi connectivity index (χ2n) is 5.12. The highest BCUT2D eigenvalue weighted by molar-refractivity contribution is 5.39. The number of benzene rings is 1. The molecular formula is C17H19N3O2. The van der Waals surface area contributed by atoms with Gasteiger partial charge < -0.3 is 19.6 Å². The first-order valence-electron chi connectivity index (χ1n) is 7.21. The maximum atomic E-state index is 10.2. The number of methoxy groups -OCH3 is 1. The minimum absolute atomic E-state index is 0.472. The van der Waals surface area contributed by atoms with E-state index in [0.29, 0.717) is 13.1 Å². The SMILES string of the molecule is COc1ccc(C(O)CNCc2cn3ccccc3n2)cc1. The summed E-state index contributed by atoms with van der Waals surface area (Å²) >= 11 is 0. The topological polar surface area (TPSA) is 58.8 Å². The van der Waals surface area contributed by atoms with Crippen LogP contribution in [0.4, 0.5) is 0 Å². The lowest BCUT2D eigenvalue weighted by Crippen LogP contribution is -2.21. The van der Waals surface area contributed by atoms with Crippen LogP contribution in [0.1, 0.15) is 17.4 Å². The van der Waals surface area contributed by atoms with Crippen LogP contribution in [0.3, 0.4) is 0 Å². The third kappa shape index (κ3) is 3.27. The summed E-state index contributed by atoms with van der Waals surface area (Å²) in [5.74, 6) is 0.786. The van der Waals surface area contributed by atoms with Crippen molar-refractivity contribution in [3.63, 3.8) is 0 Å². The van der Waals surface area contributed by atoms with Crippen molar-refractivity contribution in [1.29, 1.82) is 0 Å². The fourth-order valence-electron chi connectivity index (χ4n) is 2.35. The van der Waals surface area contributed by atoms with E-state index in [9.17, 15) is 5.11 Å². The Labute approximate surface area is 129 Å². The van der Waals surface area contributed by atoms with E-state index in [1.165, 1.54) is 0 Å². The lowest BCUT2D eigenvalue weighted by atomic mass is 10.1. The van der Waals surface area contributed by atoms with Gasteiger partial charge in [0.2, 0.25) is 0 Å². The first-order valence-corrected chi connectivity index (χ1v) is 7.21. The molecule has 0 amide bonds. The second-order valence-corrected chi connectivity index (χ2v) is 5.12. The molecule has 1 aromatic carbocycles. The lowest BCUT2D eigenvalue weighted by molar-refractivity contribution is 0.174. The molecule has 0 radical (unpaired) electrons. The first-order chi connectivity index (χ1) is 10.8. The smallest absolute Gasteiger partial charge is 0.137 e. The van der Waals surface area contributed by atoms with Gasteiger partial charge >= 0.3 is 0 Å². The van der Waals surface area contributed by atoms with Crippen molar-refractivity contribution in [3.8, 4) is 5.75 Å². The van der Waals surface area contributed by atoms with Crippen LogP contribution in [0, 0.1) is 0 Å². The van der Waals surface area contributed by atoms with E-state index in [0.717, 1.165) is 22.7 Å². The van der Waals surface area contributed by atoms with E-state index in [2.05, 4.69) is 10.3 Å². The summed E-state index contributed by atoms with van der Waals surface area (Å²) in [6.07, 6.45) is 3.41. The summed E-state index contributed by atoms with van der Waals surface area (Å²) < 4.78 is 7.09. The predicted octanol–water partition coefficient (Wildman–Crippen LogP) is 2.17. The molecule has 22 heavy (non-hydrogen) atoms. The summed E-state index contributed by atoms with van der Waals surface area (Å²) in [6, 6.07) is 13.3. The fourth-order valence-corrected chi connectivity index (χ4v) is 2.35. The molecule has 0 aliphatic rings. The Morgan fingerprint density at radius 2 is 2.05 bits per heavy atom. The maximum absolute atomic E-state index is 10.2. The van der Waals surface area contributed by atoms with Crippen molar-refractivity contribution in [2.24, 2.45) is 0 Å². The molecule has 0 saturated heterocycles. The number of imidazole rings is 1. The molecule has 0 aliphatic heterocycles. The normalized spacial score (nSPS) is 12.5. The highest BCUT2D eigenvalue weighted by Gasteiger charge is 2.08. The van der Waals surface area contributed by atoms with E-state index in [1.54, 1.807) is 7.11 Å². The average molecular weight is 297 g/mol. The van der Waals surface area contributed by atoms with Gasteiger partial charge in [0.1, 0.15) is 11.4 Å². The molecule has 0 bridgehead atoms. The van der Waals surface area contributed by atoms with E-state index >= 15 is 0 Å². The van der Waals surface area contributed by atoms with E-state index < -0.39 is 6.10 Å². The number of nitrogens with one attached hydrogen (secondary N) is 1. The number of hydrogen-bond donors (Lipinski definition) is 2. The third-order valence-electron chi connectivity index (χ3n) is 3.56. The molecular weight excluding hydrogens is 278 g/mol. The van der Waals surface area contributed by atoms with Gasteiger partial charge in [-0.15, -0.1) is 0 Å². The molecule has 3 aromatic rings. The fraction of sp³-hybridized carbons (Fsp3) is 0.235. The molecule has 5 nitrogen and oxygen atoms in total. The minimum Gasteiger partial charge on any atom is -0.497 e. The molecule has 2 N–H and O–H groups in total. The maximum Gasteiger partial charge on any atom is 0.137 e. The molecule has 3 rings (SSSR count). The monoisotopic (exact) mass is 297 g/mol. The summed E-state index contributed by atoms with van der Waals surface area (Å²) in [4.78, 5) is 4.51.